The average molecular weight is 420 g/mol. The van der Waals surface area contributed by atoms with Gasteiger partial charge >= 0.3 is 0 Å². The Kier molecular flexibility index (Phi) is 5.50. The zero-order chi connectivity index (χ0) is 21.1. The van der Waals surface area contributed by atoms with Gasteiger partial charge in [0, 0.05) is 23.2 Å². The number of rotatable bonds is 5. The van der Waals surface area contributed by atoms with E-state index in [1.807, 2.05) is 30.3 Å². The quantitative estimate of drug-likeness (QED) is 0.481. The van der Waals surface area contributed by atoms with Crippen LogP contribution in [0.2, 0.25) is 5.02 Å². The maximum absolute atomic E-state index is 13.0. The molecule has 4 aromatic rings. The summed E-state index contributed by atoms with van der Waals surface area (Å²) in [6, 6.07) is 17.8. The lowest BCUT2D eigenvalue weighted by molar-refractivity contribution is 0.412. The van der Waals surface area contributed by atoms with Crippen LogP contribution in [0, 0.1) is 0 Å². The summed E-state index contributed by atoms with van der Waals surface area (Å²) >= 11 is 5.87. The Bertz CT molecular complexity index is 1280. The van der Waals surface area contributed by atoms with Crippen LogP contribution in [0.4, 0.5) is 5.82 Å². The minimum absolute atomic E-state index is 0.160. The van der Waals surface area contributed by atoms with Crippen molar-refractivity contribution >= 4 is 34.4 Å². The first-order valence-corrected chi connectivity index (χ1v) is 9.57. The summed E-state index contributed by atoms with van der Waals surface area (Å²) in [5.74, 6) is 1.00. The molecular formula is C23H18ClN3O3. The van der Waals surface area contributed by atoms with Gasteiger partial charge in [0.05, 0.1) is 24.2 Å². The average Bonchev–Trinajstić information content (AvgIpc) is 2.78. The van der Waals surface area contributed by atoms with Crippen LogP contribution < -0.4 is 10.3 Å². The van der Waals surface area contributed by atoms with Crippen molar-refractivity contribution in [2.45, 2.75) is 6.54 Å². The lowest BCUT2D eigenvalue weighted by atomic mass is 10.1. The van der Waals surface area contributed by atoms with Gasteiger partial charge in [0.2, 0.25) is 5.88 Å². The van der Waals surface area contributed by atoms with Crippen molar-refractivity contribution in [3.05, 3.63) is 93.4 Å². The molecule has 6 nitrogen and oxygen atoms in total. The normalized spacial score (nSPS) is 11.3. The van der Waals surface area contributed by atoms with Gasteiger partial charge in [0.15, 0.2) is 5.82 Å². The van der Waals surface area contributed by atoms with E-state index in [9.17, 15) is 9.90 Å². The summed E-state index contributed by atoms with van der Waals surface area (Å²) in [6.07, 6.45) is 3.01. The van der Waals surface area contributed by atoms with Crippen molar-refractivity contribution in [2.24, 2.45) is 4.99 Å². The van der Waals surface area contributed by atoms with E-state index in [4.69, 9.17) is 16.3 Å². The molecule has 0 fully saturated rings. The molecule has 1 N–H and O–H groups in total. The van der Waals surface area contributed by atoms with Crippen LogP contribution in [0.15, 0.2) is 76.6 Å². The number of ether oxygens (including phenoxy) is 1. The molecule has 30 heavy (non-hydrogen) atoms. The molecule has 0 radical (unpaired) electrons. The Morgan fingerprint density at radius 2 is 1.83 bits per heavy atom. The molecule has 0 amide bonds. The van der Waals surface area contributed by atoms with Crippen molar-refractivity contribution in [2.75, 3.05) is 7.11 Å². The molecule has 2 aromatic heterocycles. The van der Waals surface area contributed by atoms with Crippen LogP contribution >= 0.6 is 11.6 Å². The number of fused-ring (bicyclic) bond motifs is 1. The fourth-order valence-corrected chi connectivity index (χ4v) is 3.29. The lowest BCUT2D eigenvalue weighted by Crippen LogP contribution is -2.22. The van der Waals surface area contributed by atoms with Gasteiger partial charge in [-0.05, 0) is 35.9 Å². The van der Waals surface area contributed by atoms with Gasteiger partial charge in [-0.2, -0.15) is 0 Å². The van der Waals surface area contributed by atoms with Gasteiger partial charge in [-0.15, -0.1) is 0 Å². The number of aliphatic imine (C=N–C) groups is 1. The predicted octanol–water partition coefficient (Wildman–Crippen LogP) is 4.56. The molecule has 4 rings (SSSR count). The number of aromatic hydroxyl groups is 1. The number of halogens is 1. The fraction of sp³-hybridized carbons (Fsp3) is 0.0870. The van der Waals surface area contributed by atoms with Crippen molar-refractivity contribution < 1.29 is 9.84 Å². The van der Waals surface area contributed by atoms with E-state index in [2.05, 4.69) is 9.98 Å². The second-order valence-electron chi connectivity index (χ2n) is 6.62. The third-order valence-corrected chi connectivity index (χ3v) is 4.95. The third kappa shape index (κ3) is 3.90. The second-order valence-corrected chi connectivity index (χ2v) is 7.05. The minimum Gasteiger partial charge on any atom is -0.497 e. The zero-order valence-corrected chi connectivity index (χ0v) is 16.9. The molecule has 0 aliphatic carbocycles. The topological polar surface area (TPSA) is 76.7 Å². The molecule has 7 heteroatoms. The Morgan fingerprint density at radius 1 is 1.10 bits per heavy atom. The summed E-state index contributed by atoms with van der Waals surface area (Å²) < 4.78 is 6.51. The molecule has 0 saturated heterocycles. The Balaban J connectivity index is 1.82. The molecule has 0 bridgehead atoms. The van der Waals surface area contributed by atoms with E-state index >= 15 is 0 Å². The summed E-state index contributed by atoms with van der Waals surface area (Å²) in [4.78, 5) is 21.5. The molecule has 2 aromatic carbocycles. The first kappa shape index (κ1) is 19.7. The summed E-state index contributed by atoms with van der Waals surface area (Å²) in [6.45, 7) is 0.208. The standard InChI is InChI=1S/C23H18ClN3O3/c1-30-17-9-6-15(7-10-17)14-27-22(28)19-5-3-2-4-18(19)20(23(27)29)13-26-21-11-8-16(24)12-25-21/h2-13,29H,14H2,1H3. The highest BCUT2D eigenvalue weighted by Gasteiger charge is 2.15. The van der Waals surface area contributed by atoms with E-state index in [-0.39, 0.29) is 18.0 Å². The Morgan fingerprint density at radius 3 is 2.50 bits per heavy atom. The van der Waals surface area contributed by atoms with Crippen molar-refractivity contribution in [3.63, 3.8) is 0 Å². The number of pyridine rings is 2. The van der Waals surface area contributed by atoms with Gasteiger partial charge < -0.3 is 9.84 Å². The maximum Gasteiger partial charge on any atom is 0.261 e. The maximum atomic E-state index is 13.0. The minimum atomic E-state index is -0.277. The van der Waals surface area contributed by atoms with Crippen LogP contribution in [0.1, 0.15) is 11.1 Å². The highest BCUT2D eigenvalue weighted by Crippen LogP contribution is 2.25. The molecule has 0 saturated carbocycles. The lowest BCUT2D eigenvalue weighted by Gasteiger charge is -2.14. The van der Waals surface area contributed by atoms with Gasteiger partial charge in [-0.1, -0.05) is 41.9 Å². The zero-order valence-electron chi connectivity index (χ0n) is 16.1. The van der Waals surface area contributed by atoms with Gasteiger partial charge in [-0.3, -0.25) is 9.36 Å². The third-order valence-electron chi connectivity index (χ3n) is 4.73. The summed E-state index contributed by atoms with van der Waals surface area (Å²) in [7, 11) is 1.59. The smallest absolute Gasteiger partial charge is 0.261 e. The van der Waals surface area contributed by atoms with Gasteiger partial charge in [-0.25, -0.2) is 9.98 Å². The number of hydrogen-bond donors (Lipinski definition) is 1. The van der Waals surface area contributed by atoms with Crippen molar-refractivity contribution in [1.82, 2.24) is 9.55 Å². The molecular weight excluding hydrogens is 402 g/mol. The highest BCUT2D eigenvalue weighted by molar-refractivity contribution is 6.30. The molecule has 150 valence electrons. The number of aromatic nitrogens is 2. The molecule has 0 spiro atoms. The molecule has 0 aliphatic rings. The highest BCUT2D eigenvalue weighted by atomic mass is 35.5. The van der Waals surface area contributed by atoms with Crippen LogP contribution in [-0.4, -0.2) is 28.0 Å². The Labute approximate surface area is 177 Å². The van der Waals surface area contributed by atoms with E-state index in [1.54, 1.807) is 37.4 Å². The van der Waals surface area contributed by atoms with E-state index in [0.29, 0.717) is 27.2 Å². The van der Waals surface area contributed by atoms with E-state index in [0.717, 1.165) is 11.3 Å². The van der Waals surface area contributed by atoms with E-state index < -0.39 is 0 Å². The van der Waals surface area contributed by atoms with Crippen LogP contribution in [0.25, 0.3) is 10.8 Å². The number of nitrogens with zero attached hydrogens (tertiary/aromatic N) is 3. The molecule has 0 atom stereocenters. The monoisotopic (exact) mass is 419 g/mol. The predicted molar refractivity (Wildman–Crippen MR) is 118 cm³/mol. The first-order valence-electron chi connectivity index (χ1n) is 9.20. The summed E-state index contributed by atoms with van der Waals surface area (Å²) in [5, 5.41) is 12.6. The SMILES string of the molecule is COc1ccc(Cn2c(O)c(C=Nc3ccc(Cl)cn3)c3ccccc3c2=O)cc1. The van der Waals surface area contributed by atoms with Crippen LogP contribution in [-0.2, 0) is 6.54 Å². The van der Waals surface area contributed by atoms with Crippen molar-refractivity contribution in [3.8, 4) is 11.6 Å². The second kappa shape index (κ2) is 8.39. The molecule has 2 heterocycles. The first-order chi connectivity index (χ1) is 14.6. The largest absolute Gasteiger partial charge is 0.497 e. The molecule has 0 unspecified atom stereocenters. The van der Waals surface area contributed by atoms with Crippen molar-refractivity contribution in [1.29, 1.82) is 0 Å². The van der Waals surface area contributed by atoms with Crippen LogP contribution in [0.5, 0.6) is 11.6 Å². The number of methoxy groups -OCH3 is 1. The van der Waals surface area contributed by atoms with E-state index in [1.165, 1.54) is 17.0 Å². The number of hydrogen-bond acceptors (Lipinski definition) is 5. The summed E-state index contributed by atoms with van der Waals surface area (Å²) in [5.41, 5.74) is 1.02. The number of benzene rings is 2. The molecule has 0 aliphatic heterocycles. The fourth-order valence-electron chi connectivity index (χ4n) is 3.17. The van der Waals surface area contributed by atoms with Crippen LogP contribution in [0.3, 0.4) is 0 Å². The van der Waals surface area contributed by atoms with Gasteiger partial charge in [0.25, 0.3) is 5.56 Å². The Hall–Kier alpha value is -3.64. The van der Waals surface area contributed by atoms with Gasteiger partial charge in [0.1, 0.15) is 5.75 Å².